The Morgan fingerprint density at radius 1 is 1.16 bits per heavy atom. The van der Waals surface area contributed by atoms with E-state index in [1.54, 1.807) is 0 Å². The van der Waals surface area contributed by atoms with Crippen LogP contribution in [-0.4, -0.2) is 56.0 Å². The van der Waals surface area contributed by atoms with Crippen LogP contribution in [0.15, 0.2) is 47.4 Å². The monoisotopic (exact) mass is 449 g/mol. The number of methoxy groups -OCH3 is 1. The van der Waals surface area contributed by atoms with E-state index >= 15 is 0 Å². The van der Waals surface area contributed by atoms with Crippen LogP contribution < -0.4 is 10.1 Å². The predicted octanol–water partition coefficient (Wildman–Crippen LogP) is 2.65. The van der Waals surface area contributed by atoms with E-state index in [1.165, 1.54) is 53.9 Å². The molecule has 1 N–H and O–H groups in total. The first-order chi connectivity index (χ1) is 14.6. The summed E-state index contributed by atoms with van der Waals surface area (Å²) in [5.74, 6) is -0.322. The van der Waals surface area contributed by atoms with Gasteiger partial charge in [0.2, 0.25) is 10.0 Å². The first-order valence-electron chi connectivity index (χ1n) is 9.51. The number of carbonyl (C=O) groups excluding carboxylic acids is 1. The number of nitro groups is 1. The van der Waals surface area contributed by atoms with Gasteiger partial charge in [-0.25, -0.2) is 8.42 Å². The van der Waals surface area contributed by atoms with E-state index in [-0.39, 0.29) is 52.9 Å². The summed E-state index contributed by atoms with van der Waals surface area (Å²) in [6, 6.07) is 9.48. The topological polar surface area (TPSA) is 128 Å². The van der Waals surface area contributed by atoms with Crippen LogP contribution in [0.3, 0.4) is 0 Å². The fraction of sp³-hybridized carbons (Fsp3) is 0.350. The molecule has 0 spiro atoms. The summed E-state index contributed by atoms with van der Waals surface area (Å²) < 4.78 is 37.7. The molecule has 1 aliphatic rings. The van der Waals surface area contributed by atoms with Crippen LogP contribution in [0.25, 0.3) is 0 Å². The Hall–Kier alpha value is -3.02. The Morgan fingerprint density at radius 2 is 1.77 bits per heavy atom. The summed E-state index contributed by atoms with van der Waals surface area (Å²) >= 11 is 0. The molecule has 0 radical (unpaired) electrons. The average Bonchev–Trinajstić information content (AvgIpc) is 2.73. The van der Waals surface area contributed by atoms with E-state index in [4.69, 9.17) is 9.47 Å². The van der Waals surface area contributed by atoms with E-state index in [0.29, 0.717) is 0 Å². The van der Waals surface area contributed by atoms with E-state index < -0.39 is 20.9 Å². The minimum absolute atomic E-state index is 0.00351. The Kier molecular flexibility index (Phi) is 6.58. The molecule has 2 atom stereocenters. The third-order valence-corrected chi connectivity index (χ3v) is 6.64. The second-order valence-corrected chi connectivity index (χ2v) is 9.14. The second kappa shape index (κ2) is 9.00. The van der Waals surface area contributed by atoms with Crippen LogP contribution in [0.2, 0.25) is 0 Å². The minimum Gasteiger partial charge on any atom is -0.496 e. The number of rotatable bonds is 6. The zero-order valence-corrected chi connectivity index (χ0v) is 18.1. The third-order valence-electron chi connectivity index (χ3n) is 4.79. The zero-order chi connectivity index (χ0) is 22.8. The lowest BCUT2D eigenvalue weighted by molar-refractivity contribution is -0.384. The molecular weight excluding hydrogens is 426 g/mol. The summed E-state index contributed by atoms with van der Waals surface area (Å²) in [6.45, 7) is 4.11. The number of anilines is 1. The van der Waals surface area contributed by atoms with Gasteiger partial charge in [0.1, 0.15) is 11.4 Å². The maximum atomic E-state index is 12.9. The lowest BCUT2D eigenvalue weighted by Gasteiger charge is -2.34. The lowest BCUT2D eigenvalue weighted by atomic mass is 10.2. The molecule has 1 saturated heterocycles. The summed E-state index contributed by atoms with van der Waals surface area (Å²) in [5, 5.41) is 13.8. The van der Waals surface area contributed by atoms with Gasteiger partial charge in [-0.2, -0.15) is 4.31 Å². The van der Waals surface area contributed by atoms with Gasteiger partial charge in [-0.05, 0) is 50.2 Å². The quantitative estimate of drug-likeness (QED) is 0.530. The normalized spacial score (nSPS) is 19.6. The molecule has 0 saturated carbocycles. The van der Waals surface area contributed by atoms with Crippen molar-refractivity contribution in [3.63, 3.8) is 0 Å². The Balaban J connectivity index is 1.79. The second-order valence-electron chi connectivity index (χ2n) is 7.20. The SMILES string of the molecule is COc1ccc(NC(=O)c2ccc(S(=O)(=O)N3CC(C)OC(C)C3)cc2)c([N+](=O)[O-])c1. The summed E-state index contributed by atoms with van der Waals surface area (Å²) in [4.78, 5) is 23.3. The van der Waals surface area contributed by atoms with Crippen molar-refractivity contribution in [2.24, 2.45) is 0 Å². The molecule has 2 aromatic rings. The number of carbonyl (C=O) groups is 1. The Morgan fingerprint density at radius 3 is 2.32 bits per heavy atom. The Bertz CT molecular complexity index is 1080. The fourth-order valence-electron chi connectivity index (χ4n) is 3.34. The van der Waals surface area contributed by atoms with Crippen molar-refractivity contribution in [3.05, 3.63) is 58.1 Å². The van der Waals surface area contributed by atoms with E-state index in [9.17, 15) is 23.3 Å². The van der Waals surface area contributed by atoms with Crippen molar-refractivity contribution in [2.75, 3.05) is 25.5 Å². The minimum atomic E-state index is -3.74. The molecule has 31 heavy (non-hydrogen) atoms. The number of ether oxygens (including phenoxy) is 2. The molecule has 2 aromatic carbocycles. The smallest absolute Gasteiger partial charge is 0.296 e. The molecule has 1 amide bonds. The highest BCUT2D eigenvalue weighted by atomic mass is 32.2. The molecule has 166 valence electrons. The molecule has 1 aliphatic heterocycles. The molecule has 3 rings (SSSR count). The van der Waals surface area contributed by atoms with Gasteiger partial charge in [-0.15, -0.1) is 0 Å². The van der Waals surface area contributed by atoms with Gasteiger partial charge in [0.05, 0.1) is 35.2 Å². The zero-order valence-electron chi connectivity index (χ0n) is 17.3. The number of hydrogen-bond donors (Lipinski definition) is 1. The molecule has 0 bridgehead atoms. The highest BCUT2D eigenvalue weighted by Crippen LogP contribution is 2.29. The number of nitrogens with one attached hydrogen (secondary N) is 1. The van der Waals surface area contributed by atoms with Gasteiger partial charge in [0.25, 0.3) is 11.6 Å². The first kappa shape index (κ1) is 22.7. The van der Waals surface area contributed by atoms with Crippen LogP contribution >= 0.6 is 0 Å². The van der Waals surface area contributed by atoms with E-state index in [0.717, 1.165) is 0 Å². The van der Waals surface area contributed by atoms with E-state index in [2.05, 4.69) is 5.32 Å². The van der Waals surface area contributed by atoms with Crippen molar-refractivity contribution < 1.29 is 27.6 Å². The molecule has 1 fully saturated rings. The number of nitro benzene ring substituents is 1. The van der Waals surface area contributed by atoms with Crippen LogP contribution in [0.1, 0.15) is 24.2 Å². The largest absolute Gasteiger partial charge is 0.496 e. The van der Waals surface area contributed by atoms with Crippen LogP contribution in [0.4, 0.5) is 11.4 Å². The van der Waals surface area contributed by atoms with Gasteiger partial charge in [0, 0.05) is 18.7 Å². The van der Waals surface area contributed by atoms with Crippen molar-refractivity contribution in [1.29, 1.82) is 0 Å². The number of hydrogen-bond acceptors (Lipinski definition) is 7. The maximum absolute atomic E-state index is 12.9. The van der Waals surface area contributed by atoms with Gasteiger partial charge in [0.15, 0.2) is 0 Å². The van der Waals surface area contributed by atoms with Crippen molar-refractivity contribution in [3.8, 4) is 5.75 Å². The number of amides is 1. The van der Waals surface area contributed by atoms with E-state index in [1.807, 2.05) is 13.8 Å². The molecule has 0 aromatic heterocycles. The standard InChI is InChI=1S/C20H23N3O7S/c1-13-11-22(12-14(2)30-13)31(27,28)17-7-4-15(5-8-17)20(24)21-18-9-6-16(29-3)10-19(18)23(25)26/h4-10,13-14H,11-12H2,1-3H3,(H,21,24). The summed E-state index contributed by atoms with van der Waals surface area (Å²) in [7, 11) is -2.36. The molecule has 2 unspecified atom stereocenters. The highest BCUT2D eigenvalue weighted by molar-refractivity contribution is 7.89. The first-order valence-corrected chi connectivity index (χ1v) is 10.9. The lowest BCUT2D eigenvalue weighted by Crippen LogP contribution is -2.48. The average molecular weight is 449 g/mol. The van der Waals surface area contributed by atoms with Crippen molar-refractivity contribution >= 4 is 27.3 Å². The molecule has 10 nitrogen and oxygen atoms in total. The van der Waals surface area contributed by atoms with Crippen molar-refractivity contribution in [1.82, 2.24) is 4.31 Å². The Labute approximate surface area is 180 Å². The molecular formula is C20H23N3O7S. The number of benzene rings is 2. The van der Waals surface area contributed by atoms with Crippen LogP contribution in [0, 0.1) is 10.1 Å². The highest BCUT2D eigenvalue weighted by Gasteiger charge is 2.32. The summed E-state index contributed by atoms with van der Waals surface area (Å²) in [6.07, 6.45) is -0.437. The van der Waals surface area contributed by atoms with Gasteiger partial charge >= 0.3 is 0 Å². The van der Waals surface area contributed by atoms with Crippen molar-refractivity contribution in [2.45, 2.75) is 31.0 Å². The predicted molar refractivity (Wildman–Crippen MR) is 113 cm³/mol. The van der Waals surface area contributed by atoms with Crippen LogP contribution in [-0.2, 0) is 14.8 Å². The van der Waals surface area contributed by atoms with Gasteiger partial charge in [-0.1, -0.05) is 0 Å². The number of sulfonamides is 1. The third kappa shape index (κ3) is 5.01. The molecule has 1 heterocycles. The molecule has 11 heteroatoms. The number of morpholine rings is 1. The van der Waals surface area contributed by atoms with Crippen LogP contribution in [0.5, 0.6) is 5.75 Å². The maximum Gasteiger partial charge on any atom is 0.296 e. The molecule has 0 aliphatic carbocycles. The summed E-state index contributed by atoms with van der Waals surface area (Å²) in [5.41, 5.74) is -0.154. The van der Waals surface area contributed by atoms with Gasteiger partial charge in [-0.3, -0.25) is 14.9 Å². The number of nitrogens with zero attached hydrogens (tertiary/aromatic N) is 2. The fourth-order valence-corrected chi connectivity index (χ4v) is 4.93. The van der Waals surface area contributed by atoms with Gasteiger partial charge < -0.3 is 14.8 Å².